The molecule has 3 atom stereocenters. The molecular formula is C47H40N4. The Bertz CT molecular complexity index is 2590. The van der Waals surface area contributed by atoms with Gasteiger partial charge in [-0.05, 0) is 114 Å². The number of rotatable bonds is 4. The third-order valence-electron chi connectivity index (χ3n) is 11.6. The van der Waals surface area contributed by atoms with Crippen molar-refractivity contribution in [1.29, 1.82) is 10.5 Å². The van der Waals surface area contributed by atoms with Crippen molar-refractivity contribution in [3.8, 4) is 23.5 Å². The van der Waals surface area contributed by atoms with Crippen LogP contribution in [-0.2, 0) is 19.3 Å². The fourth-order valence-electron chi connectivity index (χ4n) is 9.15. The second kappa shape index (κ2) is 12.2. The van der Waals surface area contributed by atoms with Crippen molar-refractivity contribution in [3.05, 3.63) is 148 Å². The van der Waals surface area contributed by atoms with Crippen LogP contribution in [0, 0.1) is 40.4 Å². The molecule has 51 heavy (non-hydrogen) atoms. The van der Waals surface area contributed by atoms with Crippen LogP contribution in [0.5, 0.6) is 0 Å². The van der Waals surface area contributed by atoms with Gasteiger partial charge in [-0.15, -0.1) is 0 Å². The molecule has 6 aromatic rings. The molecule has 248 valence electrons. The van der Waals surface area contributed by atoms with Crippen molar-refractivity contribution in [2.75, 3.05) is 0 Å². The topological polar surface area (TPSA) is 57.4 Å². The number of aryl methyl sites for hydroxylation is 1. The van der Waals surface area contributed by atoms with Gasteiger partial charge in [0.2, 0.25) is 0 Å². The van der Waals surface area contributed by atoms with Gasteiger partial charge in [-0.1, -0.05) is 93.6 Å². The van der Waals surface area contributed by atoms with Crippen molar-refractivity contribution in [1.82, 2.24) is 9.13 Å². The summed E-state index contributed by atoms with van der Waals surface area (Å²) in [5, 5.41) is 23.1. The number of nitriles is 2. The van der Waals surface area contributed by atoms with Crippen LogP contribution in [-0.4, -0.2) is 9.13 Å². The molecular weight excluding hydrogens is 621 g/mol. The van der Waals surface area contributed by atoms with Gasteiger partial charge in [-0.2, -0.15) is 10.5 Å². The first-order chi connectivity index (χ1) is 24.9. The van der Waals surface area contributed by atoms with E-state index in [1.807, 2.05) is 24.3 Å². The van der Waals surface area contributed by atoms with E-state index >= 15 is 0 Å². The van der Waals surface area contributed by atoms with E-state index in [0.29, 0.717) is 17.4 Å². The van der Waals surface area contributed by atoms with Crippen LogP contribution in [0.2, 0.25) is 0 Å². The molecule has 0 saturated carbocycles. The van der Waals surface area contributed by atoms with Crippen molar-refractivity contribution >= 4 is 39.0 Å². The minimum Gasteiger partial charge on any atom is -0.312 e. The average molecular weight is 661 g/mol. The maximum atomic E-state index is 10.5. The molecule has 3 unspecified atom stereocenters. The number of para-hydroxylation sites is 3. The largest absolute Gasteiger partial charge is 0.312 e. The lowest BCUT2D eigenvalue weighted by Crippen LogP contribution is -2.14. The Kier molecular flexibility index (Phi) is 7.45. The fourth-order valence-corrected chi connectivity index (χ4v) is 9.15. The molecule has 0 radical (unpaired) electrons. The summed E-state index contributed by atoms with van der Waals surface area (Å²) in [6.07, 6.45) is 14.2. The minimum atomic E-state index is 0.264. The molecule has 4 aromatic carbocycles. The Morgan fingerprint density at radius 2 is 1.51 bits per heavy atom. The summed E-state index contributed by atoms with van der Waals surface area (Å²) >= 11 is 0. The van der Waals surface area contributed by atoms with E-state index in [1.165, 1.54) is 56.4 Å². The average Bonchev–Trinajstić information content (AvgIpc) is 3.66. The molecule has 0 bridgehead atoms. The summed E-state index contributed by atoms with van der Waals surface area (Å²) in [4.78, 5) is 0. The molecule has 9 rings (SSSR count). The smallest absolute Gasteiger partial charge is 0.101 e. The second-order valence-electron chi connectivity index (χ2n) is 15.0. The zero-order valence-electron chi connectivity index (χ0n) is 29.4. The fraction of sp³-hybridized carbons (Fsp3) is 0.234. The molecule has 3 aliphatic carbocycles. The zero-order valence-corrected chi connectivity index (χ0v) is 29.4. The number of nitrogens with zero attached hydrogens (tertiary/aromatic N) is 4. The minimum absolute atomic E-state index is 0.264. The number of aromatic nitrogens is 2. The lowest BCUT2D eigenvalue weighted by molar-refractivity contribution is 0.492. The van der Waals surface area contributed by atoms with Gasteiger partial charge in [0.15, 0.2) is 0 Å². The van der Waals surface area contributed by atoms with Gasteiger partial charge in [0.25, 0.3) is 0 Å². The van der Waals surface area contributed by atoms with Crippen LogP contribution in [0.25, 0.3) is 50.4 Å². The molecule has 4 nitrogen and oxygen atoms in total. The van der Waals surface area contributed by atoms with E-state index in [2.05, 4.69) is 127 Å². The Balaban J connectivity index is 1.17. The van der Waals surface area contributed by atoms with Crippen LogP contribution in [0.3, 0.4) is 0 Å². The van der Waals surface area contributed by atoms with Crippen molar-refractivity contribution in [3.63, 3.8) is 0 Å². The molecule has 0 spiro atoms. The van der Waals surface area contributed by atoms with Gasteiger partial charge in [0.05, 0.1) is 27.8 Å². The second-order valence-corrected chi connectivity index (χ2v) is 15.0. The Labute approximate surface area is 299 Å². The van der Waals surface area contributed by atoms with E-state index in [1.54, 1.807) is 0 Å². The molecule has 2 aromatic heterocycles. The lowest BCUT2D eigenvalue weighted by atomic mass is 9.81. The maximum Gasteiger partial charge on any atom is 0.101 e. The predicted octanol–water partition coefficient (Wildman–Crippen LogP) is 11.2. The SMILES string of the molecule is CC1C=Cc2c(c3ccccc3n2-c2c(C#N)cccc2C2=CC=C(c3cccc(-n4c5c(c6cccc(C#N)c64)CCC(C)C5)c3)C(C)C2)C1. The van der Waals surface area contributed by atoms with Gasteiger partial charge < -0.3 is 9.13 Å². The lowest BCUT2D eigenvalue weighted by Gasteiger charge is -2.26. The van der Waals surface area contributed by atoms with E-state index < -0.39 is 0 Å². The van der Waals surface area contributed by atoms with E-state index in [4.69, 9.17) is 0 Å². The molecule has 2 heterocycles. The zero-order chi connectivity index (χ0) is 34.8. The summed E-state index contributed by atoms with van der Waals surface area (Å²) in [5.74, 6) is 1.35. The van der Waals surface area contributed by atoms with E-state index in [9.17, 15) is 10.5 Å². The van der Waals surface area contributed by atoms with Crippen molar-refractivity contribution in [2.45, 2.75) is 52.9 Å². The maximum absolute atomic E-state index is 10.5. The Morgan fingerprint density at radius 1 is 0.725 bits per heavy atom. The van der Waals surface area contributed by atoms with Gasteiger partial charge in [-0.25, -0.2) is 0 Å². The molecule has 0 fully saturated rings. The highest BCUT2D eigenvalue weighted by Crippen LogP contribution is 2.43. The number of fused-ring (bicyclic) bond motifs is 6. The monoisotopic (exact) mass is 660 g/mol. The Hall–Kier alpha value is -5.84. The van der Waals surface area contributed by atoms with Crippen LogP contribution in [0.1, 0.15) is 78.4 Å². The summed E-state index contributed by atoms with van der Waals surface area (Å²) < 4.78 is 4.72. The van der Waals surface area contributed by atoms with Crippen LogP contribution < -0.4 is 0 Å². The number of hydrogen-bond donors (Lipinski definition) is 0. The third kappa shape index (κ3) is 4.93. The molecule has 0 N–H and O–H groups in total. The highest BCUT2D eigenvalue weighted by molar-refractivity contribution is 5.94. The summed E-state index contributed by atoms with van der Waals surface area (Å²) in [6.45, 7) is 6.93. The van der Waals surface area contributed by atoms with Crippen LogP contribution in [0.15, 0.2) is 103 Å². The first-order valence-electron chi connectivity index (χ1n) is 18.4. The quantitative estimate of drug-likeness (QED) is 0.189. The highest BCUT2D eigenvalue weighted by Gasteiger charge is 2.28. The van der Waals surface area contributed by atoms with Crippen LogP contribution in [0.4, 0.5) is 0 Å². The standard InChI is InChI=1S/C47H40N4/c1-29-18-22-44-42(23-29)39-13-4-5-16-43(39)51(44)46-34(27-48)10-7-14-38(46)33-19-21-37(31(3)25-33)32-9-6-12-36(26-32)50-45-24-30(2)17-20-40(45)41-15-8-11-35(28-49)47(41)50/h4-16,18-19,21-22,26,29-31H,17,20,23-25H2,1-3H3. The number of benzene rings is 4. The predicted molar refractivity (Wildman–Crippen MR) is 209 cm³/mol. The van der Waals surface area contributed by atoms with Gasteiger partial charge >= 0.3 is 0 Å². The van der Waals surface area contributed by atoms with Gasteiger partial charge in [0.1, 0.15) is 12.1 Å². The van der Waals surface area contributed by atoms with Gasteiger partial charge in [0, 0.05) is 33.4 Å². The van der Waals surface area contributed by atoms with Crippen molar-refractivity contribution in [2.24, 2.45) is 17.8 Å². The molecule has 4 heteroatoms. The van der Waals surface area contributed by atoms with Crippen molar-refractivity contribution < 1.29 is 0 Å². The first-order valence-corrected chi connectivity index (χ1v) is 18.4. The van der Waals surface area contributed by atoms with Crippen LogP contribution >= 0.6 is 0 Å². The summed E-state index contributed by atoms with van der Waals surface area (Å²) in [6, 6.07) is 34.9. The molecule has 0 amide bonds. The molecule has 0 aliphatic heterocycles. The first kappa shape index (κ1) is 31.2. The molecule has 3 aliphatic rings. The highest BCUT2D eigenvalue weighted by atomic mass is 15.0. The Morgan fingerprint density at radius 3 is 2.35 bits per heavy atom. The third-order valence-corrected chi connectivity index (χ3v) is 11.6. The molecule has 0 saturated heterocycles. The van der Waals surface area contributed by atoms with E-state index in [-0.39, 0.29) is 5.92 Å². The normalized spacial score (nSPS) is 19.6. The number of allylic oxidation sites excluding steroid dienone is 5. The van der Waals surface area contributed by atoms with E-state index in [0.717, 1.165) is 59.2 Å². The summed E-state index contributed by atoms with van der Waals surface area (Å²) in [5.41, 5.74) is 15.9. The van der Waals surface area contributed by atoms with Gasteiger partial charge in [-0.3, -0.25) is 0 Å². The number of hydrogen-bond acceptors (Lipinski definition) is 2. The summed E-state index contributed by atoms with van der Waals surface area (Å²) in [7, 11) is 0.